The Morgan fingerprint density at radius 3 is 1.76 bits per heavy atom. The number of esters is 2. The van der Waals surface area contributed by atoms with Gasteiger partial charge in [-0.2, -0.15) is 0 Å². The maximum Gasteiger partial charge on any atom is 0.306 e. The summed E-state index contributed by atoms with van der Waals surface area (Å²) in [6, 6.07) is 0. The van der Waals surface area contributed by atoms with E-state index in [1.807, 2.05) is 13.8 Å². The summed E-state index contributed by atoms with van der Waals surface area (Å²) in [5, 5.41) is 0. The molecule has 0 bridgehead atoms. The van der Waals surface area contributed by atoms with Gasteiger partial charge in [-0.05, 0) is 39.5 Å². The summed E-state index contributed by atoms with van der Waals surface area (Å²) < 4.78 is 10.5. The molecule has 0 saturated carbocycles. The molecule has 0 aromatic rings. The first-order valence-corrected chi connectivity index (χ1v) is 8.38. The Bertz CT molecular complexity index is 289. The Morgan fingerprint density at radius 2 is 1.29 bits per heavy atom. The van der Waals surface area contributed by atoms with Crippen LogP contribution in [0, 0.1) is 0 Å². The number of carbonyl (C=O) groups excluding carboxylic acids is 2. The van der Waals surface area contributed by atoms with Crippen LogP contribution in [0.4, 0.5) is 0 Å². The minimum Gasteiger partial charge on any atom is -0.463 e. The third-order valence-corrected chi connectivity index (χ3v) is 3.34. The van der Waals surface area contributed by atoms with E-state index in [9.17, 15) is 9.59 Å². The number of rotatable bonds is 12. The zero-order valence-electron chi connectivity index (χ0n) is 14.2. The standard InChI is InChI=1S/C17H32O4/c1-5-7-8-11-15(4)21-17(19)13-9-12-16(18)20-14(3)10-6-2/h14-15H,5-13H2,1-4H3. The Hall–Kier alpha value is -1.06. The number of carbonyl (C=O) groups is 2. The quantitative estimate of drug-likeness (QED) is 0.396. The molecule has 0 aromatic carbocycles. The Kier molecular flexibility index (Phi) is 12.0. The van der Waals surface area contributed by atoms with Gasteiger partial charge in [0.05, 0.1) is 12.2 Å². The lowest BCUT2D eigenvalue weighted by atomic mass is 10.1. The lowest BCUT2D eigenvalue weighted by Crippen LogP contribution is -2.17. The second-order valence-electron chi connectivity index (χ2n) is 5.74. The molecule has 0 aliphatic heterocycles. The molecule has 0 amide bonds. The molecule has 4 nitrogen and oxygen atoms in total. The SMILES string of the molecule is CCCCCC(C)OC(=O)CCCC(=O)OC(C)CCC. The van der Waals surface area contributed by atoms with Crippen molar-refractivity contribution in [1.82, 2.24) is 0 Å². The van der Waals surface area contributed by atoms with E-state index >= 15 is 0 Å². The van der Waals surface area contributed by atoms with Crippen LogP contribution in [0.3, 0.4) is 0 Å². The fraction of sp³-hybridized carbons (Fsp3) is 0.882. The van der Waals surface area contributed by atoms with E-state index in [0.29, 0.717) is 6.42 Å². The van der Waals surface area contributed by atoms with Gasteiger partial charge < -0.3 is 9.47 Å². The molecule has 0 fully saturated rings. The Morgan fingerprint density at radius 1 is 0.762 bits per heavy atom. The van der Waals surface area contributed by atoms with Crippen LogP contribution in [0.25, 0.3) is 0 Å². The van der Waals surface area contributed by atoms with Crippen LogP contribution >= 0.6 is 0 Å². The molecule has 4 heteroatoms. The molecular weight excluding hydrogens is 268 g/mol. The predicted molar refractivity (Wildman–Crippen MR) is 84.0 cm³/mol. The highest BCUT2D eigenvalue weighted by Gasteiger charge is 2.12. The summed E-state index contributed by atoms with van der Waals surface area (Å²) in [5.74, 6) is -0.437. The first-order valence-electron chi connectivity index (χ1n) is 8.38. The van der Waals surface area contributed by atoms with Crippen molar-refractivity contribution < 1.29 is 19.1 Å². The van der Waals surface area contributed by atoms with Crippen molar-refractivity contribution in [2.24, 2.45) is 0 Å². The maximum absolute atomic E-state index is 11.6. The van der Waals surface area contributed by atoms with E-state index in [0.717, 1.165) is 25.7 Å². The molecule has 0 radical (unpaired) electrons. The number of hydrogen-bond donors (Lipinski definition) is 0. The van der Waals surface area contributed by atoms with E-state index in [1.165, 1.54) is 12.8 Å². The predicted octanol–water partition coefficient (Wildman–Crippen LogP) is 4.40. The van der Waals surface area contributed by atoms with Crippen LogP contribution in [-0.2, 0) is 19.1 Å². The summed E-state index contributed by atoms with van der Waals surface area (Å²) in [7, 11) is 0. The molecule has 2 unspecified atom stereocenters. The van der Waals surface area contributed by atoms with E-state index in [2.05, 4.69) is 13.8 Å². The lowest BCUT2D eigenvalue weighted by Gasteiger charge is -2.13. The molecule has 0 N–H and O–H groups in total. The smallest absolute Gasteiger partial charge is 0.306 e. The van der Waals surface area contributed by atoms with Crippen LogP contribution in [0.2, 0.25) is 0 Å². The molecule has 0 aliphatic carbocycles. The number of hydrogen-bond acceptors (Lipinski definition) is 4. The van der Waals surface area contributed by atoms with Crippen molar-refractivity contribution in [3.8, 4) is 0 Å². The van der Waals surface area contributed by atoms with Gasteiger partial charge in [0, 0.05) is 12.8 Å². The fourth-order valence-corrected chi connectivity index (χ4v) is 2.15. The van der Waals surface area contributed by atoms with E-state index in [-0.39, 0.29) is 37.0 Å². The highest BCUT2D eigenvalue weighted by atomic mass is 16.5. The third-order valence-electron chi connectivity index (χ3n) is 3.34. The van der Waals surface area contributed by atoms with Gasteiger partial charge in [-0.15, -0.1) is 0 Å². The van der Waals surface area contributed by atoms with Gasteiger partial charge in [0.25, 0.3) is 0 Å². The summed E-state index contributed by atoms with van der Waals surface area (Å²) >= 11 is 0. The first-order chi connectivity index (χ1) is 9.99. The highest BCUT2D eigenvalue weighted by Crippen LogP contribution is 2.09. The summed E-state index contributed by atoms with van der Waals surface area (Å²) in [6.07, 6.45) is 7.22. The van der Waals surface area contributed by atoms with Gasteiger partial charge in [-0.3, -0.25) is 9.59 Å². The largest absolute Gasteiger partial charge is 0.463 e. The fourth-order valence-electron chi connectivity index (χ4n) is 2.15. The minimum absolute atomic E-state index is 0.0272. The summed E-state index contributed by atoms with van der Waals surface area (Å²) in [6.45, 7) is 8.03. The van der Waals surface area contributed by atoms with Gasteiger partial charge in [-0.1, -0.05) is 33.1 Å². The first kappa shape index (κ1) is 19.9. The molecule has 0 saturated heterocycles. The minimum atomic E-state index is -0.222. The molecule has 0 spiro atoms. The van der Waals surface area contributed by atoms with E-state index in [4.69, 9.17) is 9.47 Å². The third kappa shape index (κ3) is 12.4. The summed E-state index contributed by atoms with van der Waals surface area (Å²) in [4.78, 5) is 23.2. The average Bonchev–Trinajstić information content (AvgIpc) is 2.38. The zero-order valence-corrected chi connectivity index (χ0v) is 14.2. The van der Waals surface area contributed by atoms with Crippen molar-refractivity contribution in [3.63, 3.8) is 0 Å². The normalized spacial score (nSPS) is 13.5. The highest BCUT2D eigenvalue weighted by molar-refractivity contribution is 5.72. The van der Waals surface area contributed by atoms with Gasteiger partial charge >= 0.3 is 11.9 Å². The molecule has 0 rings (SSSR count). The molecule has 21 heavy (non-hydrogen) atoms. The van der Waals surface area contributed by atoms with Gasteiger partial charge in [0.2, 0.25) is 0 Å². The van der Waals surface area contributed by atoms with E-state index < -0.39 is 0 Å². The van der Waals surface area contributed by atoms with Crippen molar-refractivity contribution >= 4 is 11.9 Å². The van der Waals surface area contributed by atoms with Crippen LogP contribution in [0.1, 0.15) is 85.5 Å². The van der Waals surface area contributed by atoms with Crippen molar-refractivity contribution in [2.45, 2.75) is 97.7 Å². The van der Waals surface area contributed by atoms with Crippen LogP contribution in [0.5, 0.6) is 0 Å². The molecule has 124 valence electrons. The summed E-state index contributed by atoms with van der Waals surface area (Å²) in [5.41, 5.74) is 0. The second-order valence-corrected chi connectivity index (χ2v) is 5.74. The monoisotopic (exact) mass is 300 g/mol. The zero-order chi connectivity index (χ0) is 16.1. The molecule has 2 atom stereocenters. The topological polar surface area (TPSA) is 52.6 Å². The van der Waals surface area contributed by atoms with Crippen LogP contribution in [-0.4, -0.2) is 24.1 Å². The van der Waals surface area contributed by atoms with Crippen molar-refractivity contribution in [2.75, 3.05) is 0 Å². The molecule has 0 aliphatic rings. The Labute approximate surface area is 129 Å². The van der Waals surface area contributed by atoms with Crippen LogP contribution < -0.4 is 0 Å². The molecular formula is C17H32O4. The average molecular weight is 300 g/mol. The van der Waals surface area contributed by atoms with Gasteiger partial charge in [0.15, 0.2) is 0 Å². The maximum atomic E-state index is 11.6. The number of unbranched alkanes of at least 4 members (excludes halogenated alkanes) is 2. The van der Waals surface area contributed by atoms with Gasteiger partial charge in [-0.25, -0.2) is 0 Å². The van der Waals surface area contributed by atoms with Crippen LogP contribution in [0.15, 0.2) is 0 Å². The molecule has 0 heterocycles. The lowest BCUT2D eigenvalue weighted by molar-refractivity contribution is -0.150. The number of ether oxygens (including phenoxy) is 2. The van der Waals surface area contributed by atoms with Crippen molar-refractivity contribution in [3.05, 3.63) is 0 Å². The van der Waals surface area contributed by atoms with E-state index in [1.54, 1.807) is 0 Å². The Balaban J connectivity index is 3.66. The van der Waals surface area contributed by atoms with Gasteiger partial charge in [0.1, 0.15) is 0 Å². The second kappa shape index (κ2) is 12.7. The molecule has 0 aromatic heterocycles. The van der Waals surface area contributed by atoms with Crippen molar-refractivity contribution in [1.29, 1.82) is 0 Å².